The van der Waals surface area contributed by atoms with Gasteiger partial charge in [0, 0.05) is 25.7 Å². The number of nitrogens with zero attached hydrogens (tertiary/aromatic N) is 3. The number of rotatable bonds is 12. The lowest BCUT2D eigenvalue weighted by Gasteiger charge is -2.41. The summed E-state index contributed by atoms with van der Waals surface area (Å²) in [6, 6.07) is 8.08. The Hall–Kier alpha value is -2.97. The highest BCUT2D eigenvalue weighted by atomic mass is 16.5. The maximum atomic E-state index is 14.5. The summed E-state index contributed by atoms with van der Waals surface area (Å²) in [6.07, 6.45) is 4.43. The second-order valence-electron chi connectivity index (χ2n) is 12.3. The summed E-state index contributed by atoms with van der Waals surface area (Å²) in [5.74, 6) is -2.36. The van der Waals surface area contributed by atoms with Gasteiger partial charge in [0.2, 0.25) is 17.7 Å². The number of ether oxygens (including phenoxy) is 1. The number of likely N-dealkylation sites (tertiary alicyclic amines) is 1. The number of carbonyl (C=O) groups is 3. The molecule has 3 aliphatic rings. The summed E-state index contributed by atoms with van der Waals surface area (Å²) in [7, 11) is 0. The van der Waals surface area contributed by atoms with Crippen molar-refractivity contribution in [3.63, 3.8) is 0 Å². The molecule has 0 radical (unpaired) electrons. The average Bonchev–Trinajstić information content (AvgIpc) is 3.48. The molecule has 4 rings (SSSR count). The molecule has 40 heavy (non-hydrogen) atoms. The van der Waals surface area contributed by atoms with Gasteiger partial charge in [0.1, 0.15) is 11.6 Å². The lowest BCUT2D eigenvalue weighted by molar-refractivity contribution is -0.158. The summed E-state index contributed by atoms with van der Waals surface area (Å²) in [6.45, 7) is 18.1. The molecule has 6 atom stereocenters. The van der Waals surface area contributed by atoms with Gasteiger partial charge >= 0.3 is 0 Å². The Morgan fingerprint density at radius 2 is 1.75 bits per heavy atom. The zero-order chi connectivity index (χ0) is 29.4. The third kappa shape index (κ3) is 4.79. The molecule has 3 fully saturated rings. The van der Waals surface area contributed by atoms with E-state index in [0.717, 1.165) is 5.56 Å². The van der Waals surface area contributed by atoms with Gasteiger partial charge in [-0.3, -0.25) is 14.4 Å². The summed E-state index contributed by atoms with van der Waals surface area (Å²) < 4.78 is 6.81. The molecule has 218 valence electrons. The monoisotopic (exact) mass is 551 g/mol. The van der Waals surface area contributed by atoms with Crippen LogP contribution in [0.25, 0.3) is 0 Å². The Kier molecular flexibility index (Phi) is 8.62. The zero-order valence-corrected chi connectivity index (χ0v) is 24.6. The van der Waals surface area contributed by atoms with Crippen molar-refractivity contribution in [3.8, 4) is 0 Å². The highest BCUT2D eigenvalue weighted by molar-refractivity contribution is 5.99. The Balaban J connectivity index is 1.81. The van der Waals surface area contributed by atoms with E-state index in [1.54, 1.807) is 26.9 Å². The van der Waals surface area contributed by atoms with Crippen molar-refractivity contribution in [1.82, 2.24) is 14.7 Å². The first-order valence-corrected chi connectivity index (χ1v) is 14.5. The molecule has 1 spiro atoms. The lowest BCUT2D eigenvalue weighted by Crippen LogP contribution is -2.60. The molecule has 8 nitrogen and oxygen atoms in total. The van der Waals surface area contributed by atoms with Gasteiger partial charge < -0.3 is 24.5 Å². The second-order valence-corrected chi connectivity index (χ2v) is 12.3. The molecule has 8 heteroatoms. The van der Waals surface area contributed by atoms with E-state index in [0.29, 0.717) is 32.5 Å². The first-order chi connectivity index (χ1) is 19.0. The molecule has 0 aliphatic carbocycles. The van der Waals surface area contributed by atoms with Crippen LogP contribution >= 0.6 is 0 Å². The minimum absolute atomic E-state index is 0.108. The minimum atomic E-state index is -1.15. The largest absolute Gasteiger partial charge is 0.394 e. The topological polar surface area (TPSA) is 90.4 Å². The fraction of sp³-hybridized carbons (Fsp3) is 0.594. The molecule has 2 bridgehead atoms. The van der Waals surface area contributed by atoms with E-state index < -0.39 is 35.1 Å². The molecule has 3 saturated heterocycles. The van der Waals surface area contributed by atoms with Crippen LogP contribution in [0, 0.1) is 17.8 Å². The van der Waals surface area contributed by atoms with E-state index in [9.17, 15) is 19.5 Å². The SMILES string of the molecule is C=CCN(Cc1ccccc1)C(=O)[C@@H]1[C@H]2C(=O)N([C@@H](CO)C(C)C)C(C(=O)N(CC=C)C(C)C)C23CC[C@@]1(C)O3. The van der Waals surface area contributed by atoms with E-state index in [2.05, 4.69) is 13.2 Å². The number of aliphatic hydroxyl groups is 1. The molecular formula is C32H45N3O5. The van der Waals surface area contributed by atoms with Gasteiger partial charge in [0.05, 0.1) is 30.1 Å². The van der Waals surface area contributed by atoms with Crippen LogP contribution in [-0.4, -0.2) is 86.6 Å². The number of benzene rings is 1. The van der Waals surface area contributed by atoms with E-state index >= 15 is 0 Å². The number of hydrogen-bond donors (Lipinski definition) is 1. The Bertz CT molecular complexity index is 1140. The van der Waals surface area contributed by atoms with Gasteiger partial charge in [-0.05, 0) is 45.1 Å². The normalized spacial score (nSPS) is 29.6. The Labute approximate surface area is 238 Å². The molecule has 1 aromatic rings. The third-order valence-electron chi connectivity index (χ3n) is 9.14. The van der Waals surface area contributed by atoms with Gasteiger partial charge in [-0.25, -0.2) is 0 Å². The zero-order valence-electron chi connectivity index (χ0n) is 24.6. The fourth-order valence-corrected chi connectivity index (χ4v) is 7.24. The van der Waals surface area contributed by atoms with Gasteiger partial charge in [0.15, 0.2) is 0 Å². The lowest BCUT2D eigenvalue weighted by atomic mass is 9.66. The molecule has 0 saturated carbocycles. The molecule has 2 unspecified atom stereocenters. The number of amides is 3. The van der Waals surface area contributed by atoms with Gasteiger partial charge in [-0.1, -0.05) is 56.3 Å². The fourth-order valence-electron chi connectivity index (χ4n) is 7.24. The van der Waals surface area contributed by atoms with Gasteiger partial charge in [-0.15, -0.1) is 13.2 Å². The minimum Gasteiger partial charge on any atom is -0.394 e. The highest BCUT2D eigenvalue weighted by Gasteiger charge is 2.79. The van der Waals surface area contributed by atoms with Crippen LogP contribution in [0.4, 0.5) is 0 Å². The number of carbonyl (C=O) groups excluding carboxylic acids is 3. The smallest absolute Gasteiger partial charge is 0.248 e. The van der Waals surface area contributed by atoms with Crippen molar-refractivity contribution in [3.05, 3.63) is 61.2 Å². The quantitative estimate of drug-likeness (QED) is 0.402. The van der Waals surface area contributed by atoms with Gasteiger partial charge in [-0.2, -0.15) is 0 Å². The summed E-state index contributed by atoms with van der Waals surface area (Å²) in [4.78, 5) is 48.3. The van der Waals surface area contributed by atoms with Crippen molar-refractivity contribution >= 4 is 17.7 Å². The van der Waals surface area contributed by atoms with Crippen LogP contribution in [0.2, 0.25) is 0 Å². The van der Waals surface area contributed by atoms with Crippen LogP contribution in [0.15, 0.2) is 55.6 Å². The second kappa shape index (κ2) is 11.5. The average molecular weight is 552 g/mol. The summed E-state index contributed by atoms with van der Waals surface area (Å²) >= 11 is 0. The number of fused-ring (bicyclic) bond motifs is 1. The summed E-state index contributed by atoms with van der Waals surface area (Å²) in [5.41, 5.74) is -1.05. The van der Waals surface area contributed by atoms with Crippen molar-refractivity contribution in [2.45, 2.75) is 83.3 Å². The molecule has 3 heterocycles. The van der Waals surface area contributed by atoms with Crippen molar-refractivity contribution in [2.24, 2.45) is 17.8 Å². The van der Waals surface area contributed by atoms with Gasteiger partial charge in [0.25, 0.3) is 0 Å². The number of aliphatic hydroxyl groups excluding tert-OH is 1. The summed E-state index contributed by atoms with van der Waals surface area (Å²) in [5, 5.41) is 10.4. The van der Waals surface area contributed by atoms with Crippen molar-refractivity contribution in [1.29, 1.82) is 0 Å². The van der Waals surface area contributed by atoms with Crippen LogP contribution < -0.4 is 0 Å². The van der Waals surface area contributed by atoms with Crippen LogP contribution in [0.1, 0.15) is 53.0 Å². The third-order valence-corrected chi connectivity index (χ3v) is 9.14. The Morgan fingerprint density at radius 1 is 1.10 bits per heavy atom. The molecular weight excluding hydrogens is 506 g/mol. The van der Waals surface area contributed by atoms with E-state index in [1.165, 1.54) is 0 Å². The molecule has 3 amide bonds. The Morgan fingerprint density at radius 3 is 2.30 bits per heavy atom. The first-order valence-electron chi connectivity index (χ1n) is 14.5. The molecule has 3 aliphatic heterocycles. The van der Waals surface area contributed by atoms with E-state index in [-0.39, 0.29) is 36.3 Å². The molecule has 1 aromatic carbocycles. The molecule has 0 aromatic heterocycles. The number of hydrogen-bond acceptors (Lipinski definition) is 5. The molecule has 1 N–H and O–H groups in total. The predicted octanol–water partition coefficient (Wildman–Crippen LogP) is 3.41. The maximum absolute atomic E-state index is 14.5. The maximum Gasteiger partial charge on any atom is 0.248 e. The first kappa shape index (κ1) is 30.0. The van der Waals surface area contributed by atoms with Crippen molar-refractivity contribution in [2.75, 3.05) is 19.7 Å². The van der Waals surface area contributed by atoms with Crippen LogP contribution in [0.3, 0.4) is 0 Å². The van der Waals surface area contributed by atoms with E-state index in [4.69, 9.17) is 4.74 Å². The van der Waals surface area contributed by atoms with Crippen LogP contribution in [-0.2, 0) is 25.7 Å². The standard InChI is InChI=1S/C32H45N3O5/c1-8-17-33(19-23-13-11-10-12-14-23)28(37)25-26-29(38)35(24(20-36)21(3)4)27(30(39)34(18-9-2)22(5)6)32(26)16-15-31(25,7)40-32/h8-14,21-22,24-27,36H,1-2,15-20H2,3-7H3/t24-,25-,26-,27?,31+,32?/m0/s1. The highest BCUT2D eigenvalue weighted by Crippen LogP contribution is 2.64. The predicted molar refractivity (Wildman–Crippen MR) is 154 cm³/mol. The van der Waals surface area contributed by atoms with Crippen LogP contribution in [0.5, 0.6) is 0 Å². The van der Waals surface area contributed by atoms with Crippen molar-refractivity contribution < 1.29 is 24.2 Å². The van der Waals surface area contributed by atoms with E-state index in [1.807, 2.05) is 65.0 Å².